The van der Waals surface area contributed by atoms with Gasteiger partial charge in [0.1, 0.15) is 18.8 Å². The minimum Gasteiger partial charge on any atom is -0.444 e. The smallest absolute Gasteiger partial charge is 0.407 e. The van der Waals surface area contributed by atoms with Gasteiger partial charge in [-0.05, 0) is 37.9 Å². The molecule has 258 valence electrons. The average Bonchev–Trinajstić information content (AvgIpc) is 3.79. The van der Waals surface area contributed by atoms with Gasteiger partial charge in [-0.3, -0.25) is 20.0 Å². The normalized spacial score (nSPS) is 14.7. The molecule has 5 atom stereocenters. The molecule has 13 heteroatoms. The Balaban J connectivity index is 1.42. The van der Waals surface area contributed by atoms with Crippen LogP contribution in [0.15, 0.2) is 77.8 Å². The number of alkyl carbamates (subject to hydrolysis) is 1. The molecule has 4 aromatic rings. The van der Waals surface area contributed by atoms with Crippen molar-refractivity contribution in [3.63, 3.8) is 0 Å². The Morgan fingerprint density at radius 2 is 1.50 bits per heavy atom. The number of amides is 2. The number of carbonyl (C=O) groups is 2. The van der Waals surface area contributed by atoms with E-state index in [1.807, 2.05) is 72.6 Å². The van der Waals surface area contributed by atoms with Gasteiger partial charge in [0.05, 0.1) is 39.2 Å². The molecular formula is C35H46N6O5S2. The van der Waals surface area contributed by atoms with Gasteiger partial charge in [0, 0.05) is 30.7 Å². The Bertz CT molecular complexity index is 1520. The van der Waals surface area contributed by atoms with Crippen LogP contribution in [-0.2, 0) is 35.5 Å². The fourth-order valence-electron chi connectivity index (χ4n) is 5.06. The van der Waals surface area contributed by atoms with E-state index in [4.69, 9.17) is 4.74 Å². The molecule has 0 aliphatic rings. The van der Waals surface area contributed by atoms with E-state index in [1.165, 1.54) is 11.3 Å². The molecule has 0 spiro atoms. The third-order valence-corrected chi connectivity index (χ3v) is 9.73. The molecule has 2 aromatic carbocycles. The van der Waals surface area contributed by atoms with Crippen LogP contribution in [-0.4, -0.2) is 81.1 Å². The number of rotatable bonds is 18. The van der Waals surface area contributed by atoms with Crippen molar-refractivity contribution >= 4 is 34.7 Å². The lowest BCUT2D eigenvalue weighted by molar-refractivity contribution is -0.125. The van der Waals surface area contributed by atoms with Crippen LogP contribution >= 0.6 is 22.7 Å². The minimum atomic E-state index is -1.45. The average molecular weight is 695 g/mol. The quantitative estimate of drug-likeness (QED) is 0.0972. The molecule has 0 aliphatic heterocycles. The second-order valence-corrected chi connectivity index (χ2v) is 14.1. The Hall–Kier alpha value is -3.72. The zero-order valence-corrected chi connectivity index (χ0v) is 29.4. The molecule has 2 amide bonds. The Kier molecular flexibility index (Phi) is 14.5. The number of nitrogens with one attached hydrogen (secondary N) is 3. The summed E-state index contributed by atoms with van der Waals surface area (Å²) in [5, 5.41) is 35.3. The number of benzene rings is 2. The second-order valence-electron chi connectivity index (χ2n) is 12.2. The van der Waals surface area contributed by atoms with Crippen molar-refractivity contribution in [1.29, 1.82) is 0 Å². The van der Waals surface area contributed by atoms with Crippen LogP contribution in [0.1, 0.15) is 53.4 Å². The van der Waals surface area contributed by atoms with Crippen LogP contribution in [0, 0.1) is 0 Å². The molecular weight excluding hydrogens is 649 g/mol. The fourth-order valence-corrected chi connectivity index (χ4v) is 6.39. The lowest BCUT2D eigenvalue weighted by Gasteiger charge is -2.33. The molecule has 0 aliphatic carbocycles. The summed E-state index contributed by atoms with van der Waals surface area (Å²) < 4.78 is 5.37. The molecule has 11 nitrogen and oxygen atoms in total. The van der Waals surface area contributed by atoms with Crippen LogP contribution < -0.4 is 16.0 Å². The maximum absolute atomic E-state index is 13.5. The highest BCUT2D eigenvalue weighted by atomic mass is 32.1. The second kappa shape index (κ2) is 18.7. The first-order valence-corrected chi connectivity index (χ1v) is 17.8. The third-order valence-electron chi connectivity index (χ3n) is 7.79. The van der Waals surface area contributed by atoms with Crippen molar-refractivity contribution in [3.8, 4) is 0 Å². The minimum absolute atomic E-state index is 0.0305. The van der Waals surface area contributed by atoms with E-state index in [0.717, 1.165) is 26.7 Å². The zero-order chi connectivity index (χ0) is 34.5. The number of ether oxygens (including phenoxy) is 1. The van der Waals surface area contributed by atoms with Gasteiger partial charge < -0.3 is 25.6 Å². The van der Waals surface area contributed by atoms with E-state index >= 15 is 0 Å². The highest BCUT2D eigenvalue weighted by Crippen LogP contribution is 2.20. The van der Waals surface area contributed by atoms with Gasteiger partial charge in [0.15, 0.2) is 0 Å². The zero-order valence-electron chi connectivity index (χ0n) is 27.8. The van der Waals surface area contributed by atoms with Crippen molar-refractivity contribution in [2.24, 2.45) is 0 Å². The third kappa shape index (κ3) is 11.8. The van der Waals surface area contributed by atoms with Gasteiger partial charge in [-0.15, -0.1) is 22.7 Å². The molecule has 0 bridgehead atoms. The maximum Gasteiger partial charge on any atom is 0.407 e. The SMILES string of the molecule is CC(C)c1nc(CN(C)CN[C@@H](C)C(=O)N[C@@H](Cc2ccccc2)[C@H](O)[C@@H](O)[C@H](Cc2ccccc2)NC(=O)OCc2cncs2)cs1. The predicted octanol–water partition coefficient (Wildman–Crippen LogP) is 4.08. The molecule has 0 fully saturated rings. The number of hydrogen-bond acceptors (Lipinski definition) is 11. The van der Waals surface area contributed by atoms with E-state index in [-0.39, 0.29) is 25.4 Å². The first kappa shape index (κ1) is 37.1. The van der Waals surface area contributed by atoms with Crippen molar-refractivity contribution < 1.29 is 24.5 Å². The monoisotopic (exact) mass is 694 g/mol. The lowest BCUT2D eigenvalue weighted by atomic mass is 9.91. The number of thiazole rings is 2. The molecule has 2 aromatic heterocycles. The van der Waals surface area contributed by atoms with Gasteiger partial charge >= 0.3 is 6.09 Å². The van der Waals surface area contributed by atoms with E-state index in [1.54, 1.807) is 30.0 Å². The lowest BCUT2D eigenvalue weighted by Crippen LogP contribution is -2.59. The molecule has 0 radical (unpaired) electrons. The summed E-state index contributed by atoms with van der Waals surface area (Å²) >= 11 is 3.01. The number of carbonyl (C=O) groups excluding carboxylic acids is 2. The first-order valence-electron chi connectivity index (χ1n) is 16.0. The first-order chi connectivity index (χ1) is 23.1. The predicted molar refractivity (Wildman–Crippen MR) is 189 cm³/mol. The Labute approximate surface area is 290 Å². The Morgan fingerprint density at radius 1 is 0.896 bits per heavy atom. The number of aliphatic hydroxyl groups excluding tert-OH is 2. The summed E-state index contributed by atoms with van der Waals surface area (Å²) in [4.78, 5) is 37.8. The summed E-state index contributed by atoms with van der Waals surface area (Å²) in [7, 11) is 1.95. The summed E-state index contributed by atoms with van der Waals surface area (Å²) in [6, 6.07) is 16.4. The molecule has 0 saturated heterocycles. The van der Waals surface area contributed by atoms with Crippen LogP contribution in [0.5, 0.6) is 0 Å². The summed E-state index contributed by atoms with van der Waals surface area (Å²) in [6.07, 6.45) is -1.51. The van der Waals surface area contributed by atoms with Gasteiger partial charge in [0.25, 0.3) is 0 Å². The summed E-state index contributed by atoms with van der Waals surface area (Å²) in [5.41, 5.74) is 4.35. The van der Waals surface area contributed by atoms with E-state index in [0.29, 0.717) is 19.1 Å². The molecule has 0 saturated carbocycles. The van der Waals surface area contributed by atoms with Crippen molar-refractivity contribution in [3.05, 3.63) is 104 Å². The highest BCUT2D eigenvalue weighted by molar-refractivity contribution is 7.09. The topological polar surface area (TPSA) is 149 Å². The standard InChI is InChI=1S/C35H46N6O5S2/c1-23(2)34-38-27(20-47-34)18-41(4)21-37-24(3)33(44)39-29(15-25-11-7-5-8-12-25)31(42)32(43)30(16-26-13-9-6-10-14-26)40-35(45)46-19-28-17-36-22-48-28/h5-14,17,20,22-24,29-32,37,42-43H,15-16,18-19,21H2,1-4H3,(H,39,44)(H,40,45)/t24-,29-,30-,31-,32-/m0/s1. The number of nitrogens with zero attached hydrogens (tertiary/aromatic N) is 3. The van der Waals surface area contributed by atoms with Crippen molar-refractivity contribution in [2.75, 3.05) is 13.7 Å². The maximum atomic E-state index is 13.5. The highest BCUT2D eigenvalue weighted by Gasteiger charge is 2.35. The fraction of sp³-hybridized carbons (Fsp3) is 0.429. The largest absolute Gasteiger partial charge is 0.444 e. The van der Waals surface area contributed by atoms with Crippen molar-refractivity contribution in [2.45, 2.75) is 83.0 Å². The number of aromatic nitrogens is 2. The Morgan fingerprint density at radius 3 is 2.04 bits per heavy atom. The van der Waals surface area contributed by atoms with Crippen molar-refractivity contribution in [1.82, 2.24) is 30.8 Å². The molecule has 4 rings (SSSR count). The van der Waals surface area contributed by atoms with Crippen LogP contribution in [0.25, 0.3) is 0 Å². The van der Waals surface area contributed by atoms with Crippen LogP contribution in [0.4, 0.5) is 4.79 Å². The molecule has 5 N–H and O–H groups in total. The van der Waals surface area contributed by atoms with Gasteiger partial charge in [-0.2, -0.15) is 0 Å². The summed E-state index contributed by atoms with van der Waals surface area (Å²) in [6.45, 7) is 7.09. The molecule has 48 heavy (non-hydrogen) atoms. The van der Waals surface area contributed by atoms with E-state index in [2.05, 4.69) is 45.1 Å². The number of aliphatic hydroxyl groups is 2. The number of hydrogen-bond donors (Lipinski definition) is 5. The molecule has 2 heterocycles. The van der Waals surface area contributed by atoms with E-state index < -0.39 is 36.4 Å². The van der Waals surface area contributed by atoms with Gasteiger partial charge in [0.2, 0.25) is 5.91 Å². The van der Waals surface area contributed by atoms with E-state index in [9.17, 15) is 19.8 Å². The van der Waals surface area contributed by atoms with Crippen LogP contribution in [0.3, 0.4) is 0 Å². The van der Waals surface area contributed by atoms with Crippen LogP contribution in [0.2, 0.25) is 0 Å². The molecule has 0 unspecified atom stereocenters. The van der Waals surface area contributed by atoms with Gasteiger partial charge in [-0.1, -0.05) is 74.5 Å². The summed E-state index contributed by atoms with van der Waals surface area (Å²) in [5.74, 6) is 0.0452. The van der Waals surface area contributed by atoms with Gasteiger partial charge in [-0.25, -0.2) is 9.78 Å².